The fourth-order valence-electron chi connectivity index (χ4n) is 2.04. The van der Waals surface area contributed by atoms with Crippen molar-refractivity contribution in [3.05, 3.63) is 11.5 Å². The predicted octanol–water partition coefficient (Wildman–Crippen LogP) is 1.08. The molecule has 0 aromatic carbocycles. The number of aromatic nitrogens is 1. The lowest BCUT2D eigenvalue weighted by atomic mass is 10.3. The second kappa shape index (κ2) is 5.28. The summed E-state index contributed by atoms with van der Waals surface area (Å²) in [7, 11) is -3.57. The van der Waals surface area contributed by atoms with E-state index in [4.69, 9.17) is 9.26 Å². The van der Waals surface area contributed by atoms with Crippen LogP contribution in [0.25, 0.3) is 0 Å². The fourth-order valence-corrected chi connectivity index (χ4v) is 4.65. The van der Waals surface area contributed by atoms with Gasteiger partial charge in [-0.15, -0.1) is 0 Å². The van der Waals surface area contributed by atoms with Gasteiger partial charge in [0.25, 0.3) is 0 Å². The van der Waals surface area contributed by atoms with E-state index in [1.54, 1.807) is 13.8 Å². The first-order valence-corrected chi connectivity index (χ1v) is 8.13. The highest BCUT2D eigenvalue weighted by atomic mass is 79.9. The Morgan fingerprint density at radius 3 is 2.78 bits per heavy atom. The van der Waals surface area contributed by atoms with Crippen LogP contribution < -0.4 is 0 Å². The largest absolute Gasteiger partial charge is 0.378 e. The normalized spacial score (nSPS) is 22.3. The number of ether oxygens (including phenoxy) is 1. The van der Waals surface area contributed by atoms with Crippen molar-refractivity contribution in [2.45, 2.75) is 24.8 Å². The summed E-state index contributed by atoms with van der Waals surface area (Å²) in [6.45, 7) is 4.39. The van der Waals surface area contributed by atoms with Crippen LogP contribution in [0, 0.1) is 13.8 Å². The number of hydrogen-bond donors (Lipinski definition) is 0. The summed E-state index contributed by atoms with van der Waals surface area (Å²) >= 11 is 3.32. The molecular formula is C10H15BrN2O4S. The third-order valence-electron chi connectivity index (χ3n) is 2.89. The van der Waals surface area contributed by atoms with E-state index in [0.29, 0.717) is 36.5 Å². The zero-order valence-corrected chi connectivity index (χ0v) is 12.6. The van der Waals surface area contributed by atoms with E-state index in [1.807, 2.05) is 0 Å². The van der Waals surface area contributed by atoms with Gasteiger partial charge in [-0.1, -0.05) is 21.1 Å². The quantitative estimate of drug-likeness (QED) is 0.771. The Kier molecular flexibility index (Phi) is 4.10. The molecule has 18 heavy (non-hydrogen) atoms. The lowest BCUT2D eigenvalue weighted by molar-refractivity contribution is 0.0412. The maximum atomic E-state index is 12.6. The average molecular weight is 339 g/mol. The van der Waals surface area contributed by atoms with Crippen molar-refractivity contribution in [1.82, 2.24) is 9.46 Å². The number of halogens is 1. The lowest BCUT2D eigenvalue weighted by Gasteiger charge is -2.33. The van der Waals surface area contributed by atoms with E-state index in [-0.39, 0.29) is 10.9 Å². The van der Waals surface area contributed by atoms with Gasteiger partial charge in [0.05, 0.1) is 19.3 Å². The minimum Gasteiger partial charge on any atom is -0.378 e. The molecule has 1 unspecified atom stereocenters. The maximum Gasteiger partial charge on any atom is 0.248 e. The van der Waals surface area contributed by atoms with Gasteiger partial charge < -0.3 is 9.26 Å². The van der Waals surface area contributed by atoms with Crippen LogP contribution in [-0.4, -0.2) is 49.0 Å². The van der Waals surface area contributed by atoms with E-state index >= 15 is 0 Å². The second-order valence-electron chi connectivity index (χ2n) is 4.15. The molecule has 2 rings (SSSR count). The van der Waals surface area contributed by atoms with Crippen molar-refractivity contribution in [3.8, 4) is 0 Å². The fraction of sp³-hybridized carbons (Fsp3) is 0.700. The second-order valence-corrected chi connectivity index (χ2v) is 6.63. The van der Waals surface area contributed by atoms with Gasteiger partial charge in [-0.3, -0.25) is 0 Å². The number of morpholine rings is 1. The molecule has 1 aromatic heterocycles. The molecule has 1 aliphatic rings. The SMILES string of the molecule is Cc1noc(C)c1S(=O)(=O)N1CCOCC1CBr. The minimum atomic E-state index is -3.57. The van der Waals surface area contributed by atoms with E-state index in [1.165, 1.54) is 4.31 Å². The van der Waals surface area contributed by atoms with Crippen molar-refractivity contribution >= 4 is 26.0 Å². The van der Waals surface area contributed by atoms with Crippen LogP contribution in [0.4, 0.5) is 0 Å². The Morgan fingerprint density at radius 2 is 2.22 bits per heavy atom. The van der Waals surface area contributed by atoms with Crippen LogP contribution in [0.3, 0.4) is 0 Å². The molecule has 1 aromatic rings. The molecule has 0 saturated carbocycles. The van der Waals surface area contributed by atoms with Crippen LogP contribution in [0.2, 0.25) is 0 Å². The highest BCUT2D eigenvalue weighted by molar-refractivity contribution is 9.09. The molecule has 0 N–H and O–H groups in total. The molecule has 0 amide bonds. The van der Waals surface area contributed by atoms with E-state index < -0.39 is 10.0 Å². The molecule has 0 radical (unpaired) electrons. The maximum absolute atomic E-state index is 12.6. The Morgan fingerprint density at radius 1 is 1.50 bits per heavy atom. The zero-order chi connectivity index (χ0) is 13.3. The topological polar surface area (TPSA) is 72.6 Å². The molecule has 2 heterocycles. The summed E-state index contributed by atoms with van der Waals surface area (Å²) in [4.78, 5) is 0.176. The van der Waals surface area contributed by atoms with Gasteiger partial charge in [0.1, 0.15) is 10.6 Å². The van der Waals surface area contributed by atoms with Gasteiger partial charge in [0.2, 0.25) is 10.0 Å². The van der Waals surface area contributed by atoms with Crippen LogP contribution >= 0.6 is 15.9 Å². The summed E-state index contributed by atoms with van der Waals surface area (Å²) in [5.74, 6) is 0.326. The Labute approximate surface area is 114 Å². The molecule has 1 aliphatic heterocycles. The number of sulfonamides is 1. The lowest BCUT2D eigenvalue weighted by Crippen LogP contribution is -2.49. The highest BCUT2D eigenvalue weighted by Crippen LogP contribution is 2.26. The average Bonchev–Trinajstić information content (AvgIpc) is 2.69. The number of rotatable bonds is 3. The van der Waals surface area contributed by atoms with Gasteiger partial charge >= 0.3 is 0 Å². The van der Waals surface area contributed by atoms with Gasteiger partial charge in [-0.05, 0) is 13.8 Å². The number of alkyl halides is 1. The van der Waals surface area contributed by atoms with Crippen molar-refractivity contribution < 1.29 is 17.7 Å². The zero-order valence-electron chi connectivity index (χ0n) is 10.2. The van der Waals surface area contributed by atoms with Gasteiger partial charge in [-0.2, -0.15) is 4.31 Å². The molecule has 0 spiro atoms. The summed E-state index contributed by atoms with van der Waals surface area (Å²) < 4.78 is 36.9. The summed E-state index contributed by atoms with van der Waals surface area (Å²) in [5, 5.41) is 4.24. The molecule has 0 bridgehead atoms. The third-order valence-corrected chi connectivity index (χ3v) is 5.83. The molecule has 1 saturated heterocycles. The van der Waals surface area contributed by atoms with Crippen LogP contribution in [0.1, 0.15) is 11.5 Å². The van der Waals surface area contributed by atoms with Crippen LogP contribution in [-0.2, 0) is 14.8 Å². The molecule has 6 nitrogen and oxygen atoms in total. The molecule has 8 heteroatoms. The smallest absolute Gasteiger partial charge is 0.248 e. The number of nitrogens with zero attached hydrogens (tertiary/aromatic N) is 2. The van der Waals surface area contributed by atoms with Crippen molar-refractivity contribution in [1.29, 1.82) is 0 Å². The van der Waals surface area contributed by atoms with Crippen LogP contribution in [0.5, 0.6) is 0 Å². The van der Waals surface area contributed by atoms with Gasteiger partial charge in [0.15, 0.2) is 5.76 Å². The summed E-state index contributed by atoms with van der Waals surface area (Å²) in [6.07, 6.45) is 0. The Bertz CT molecular complexity index is 508. The van der Waals surface area contributed by atoms with E-state index in [0.717, 1.165) is 0 Å². The van der Waals surface area contributed by atoms with Crippen LogP contribution in [0.15, 0.2) is 9.42 Å². The van der Waals surface area contributed by atoms with Gasteiger partial charge in [-0.25, -0.2) is 8.42 Å². The summed E-state index contributed by atoms with van der Waals surface area (Å²) in [5.41, 5.74) is 0.396. The Balaban J connectivity index is 2.41. The highest BCUT2D eigenvalue weighted by Gasteiger charge is 2.37. The van der Waals surface area contributed by atoms with Crippen molar-refractivity contribution in [3.63, 3.8) is 0 Å². The molecule has 1 atom stereocenters. The van der Waals surface area contributed by atoms with Gasteiger partial charge in [0, 0.05) is 11.9 Å². The minimum absolute atomic E-state index is 0.176. The first-order valence-electron chi connectivity index (χ1n) is 5.57. The summed E-state index contributed by atoms with van der Waals surface area (Å²) in [6, 6.07) is -0.197. The Hall–Kier alpha value is -0.440. The molecular weight excluding hydrogens is 324 g/mol. The van der Waals surface area contributed by atoms with E-state index in [2.05, 4.69) is 21.1 Å². The third kappa shape index (κ3) is 2.34. The first kappa shape index (κ1) is 14.0. The van der Waals surface area contributed by atoms with E-state index in [9.17, 15) is 8.42 Å². The number of hydrogen-bond acceptors (Lipinski definition) is 5. The monoisotopic (exact) mass is 338 g/mol. The van der Waals surface area contributed by atoms with Crippen molar-refractivity contribution in [2.75, 3.05) is 25.1 Å². The molecule has 0 aliphatic carbocycles. The first-order chi connectivity index (χ1) is 8.48. The molecule has 1 fully saturated rings. The number of aryl methyl sites for hydroxylation is 2. The predicted molar refractivity (Wildman–Crippen MR) is 68.3 cm³/mol. The standard InChI is InChI=1S/C10H15BrN2O4S/c1-7-10(8(2)17-12-7)18(14,15)13-3-4-16-6-9(13)5-11/h9H,3-6H2,1-2H3. The van der Waals surface area contributed by atoms with Crippen molar-refractivity contribution in [2.24, 2.45) is 0 Å². The molecule has 102 valence electrons.